The lowest BCUT2D eigenvalue weighted by atomic mass is 10.2. The smallest absolute Gasteiger partial charge is 0.497 e. The third-order valence-corrected chi connectivity index (χ3v) is 2.83. The van der Waals surface area contributed by atoms with Gasteiger partial charge in [0.1, 0.15) is 23.9 Å². The number of halogens is 4. The van der Waals surface area contributed by atoms with E-state index in [1.165, 1.54) is 19.2 Å². The van der Waals surface area contributed by atoms with Crippen LogP contribution in [0.4, 0.5) is 13.2 Å². The molecule has 2 rings (SSSR count). The molecule has 118 valence electrons. The monoisotopic (exact) mass is 332 g/mol. The summed E-state index contributed by atoms with van der Waals surface area (Å²) in [7, 11) is 1.52. The van der Waals surface area contributed by atoms with E-state index < -0.39 is 6.36 Å². The Labute approximate surface area is 130 Å². The zero-order chi connectivity index (χ0) is 16.2. The molecule has 0 radical (unpaired) electrons. The summed E-state index contributed by atoms with van der Waals surface area (Å²) in [6.07, 6.45) is -4.77. The second-order valence-electron chi connectivity index (χ2n) is 4.31. The zero-order valence-electron chi connectivity index (χ0n) is 11.5. The summed E-state index contributed by atoms with van der Waals surface area (Å²) in [5.74, 6) is 0.756. The Bertz CT molecular complexity index is 644. The molecule has 0 atom stereocenters. The van der Waals surface area contributed by atoms with E-state index >= 15 is 0 Å². The van der Waals surface area contributed by atoms with Gasteiger partial charge in [-0.15, -0.1) is 13.2 Å². The molecule has 0 N–H and O–H groups in total. The van der Waals surface area contributed by atoms with Gasteiger partial charge in [-0.1, -0.05) is 17.7 Å². The van der Waals surface area contributed by atoms with E-state index in [1.54, 1.807) is 24.3 Å². The molecule has 0 unspecified atom stereocenters. The summed E-state index contributed by atoms with van der Waals surface area (Å²) in [6.45, 7) is 0.0436. The highest BCUT2D eigenvalue weighted by molar-refractivity contribution is 6.30. The van der Waals surface area contributed by atoms with Gasteiger partial charge >= 0.3 is 6.36 Å². The first kappa shape index (κ1) is 16.3. The Morgan fingerprint density at radius 1 is 1.00 bits per heavy atom. The highest BCUT2D eigenvalue weighted by Crippen LogP contribution is 2.28. The van der Waals surface area contributed by atoms with Crippen LogP contribution < -0.4 is 14.2 Å². The van der Waals surface area contributed by atoms with E-state index in [-0.39, 0.29) is 17.4 Å². The number of alkyl halides is 3. The van der Waals surface area contributed by atoms with Gasteiger partial charge in [-0.25, -0.2) is 0 Å². The number of hydrogen-bond acceptors (Lipinski definition) is 3. The molecular formula is C15H12ClF3O3. The van der Waals surface area contributed by atoms with Crippen molar-refractivity contribution in [2.45, 2.75) is 13.0 Å². The van der Waals surface area contributed by atoms with Crippen molar-refractivity contribution in [2.24, 2.45) is 0 Å². The maximum Gasteiger partial charge on any atom is 0.573 e. The maximum absolute atomic E-state index is 12.2. The van der Waals surface area contributed by atoms with Crippen molar-refractivity contribution in [1.29, 1.82) is 0 Å². The molecule has 0 saturated heterocycles. The van der Waals surface area contributed by atoms with E-state index in [4.69, 9.17) is 21.1 Å². The van der Waals surface area contributed by atoms with Gasteiger partial charge in [0.15, 0.2) is 0 Å². The fraction of sp³-hybridized carbons (Fsp3) is 0.200. The third-order valence-electron chi connectivity index (χ3n) is 2.61. The van der Waals surface area contributed by atoms with Crippen molar-refractivity contribution in [3.8, 4) is 17.2 Å². The molecule has 0 aliphatic rings. The van der Waals surface area contributed by atoms with Gasteiger partial charge < -0.3 is 14.2 Å². The van der Waals surface area contributed by atoms with Crippen molar-refractivity contribution >= 4 is 11.6 Å². The molecule has 2 aromatic rings. The number of methoxy groups -OCH3 is 1. The average Bonchev–Trinajstić information content (AvgIpc) is 2.43. The summed E-state index contributed by atoms with van der Waals surface area (Å²) in [5.41, 5.74) is 0.453. The molecule has 0 heterocycles. The predicted octanol–water partition coefficient (Wildman–Crippen LogP) is 4.83. The van der Waals surface area contributed by atoms with Gasteiger partial charge in [-0.2, -0.15) is 0 Å². The molecule has 0 bridgehead atoms. The normalized spacial score (nSPS) is 11.1. The van der Waals surface area contributed by atoms with Gasteiger partial charge in [-0.3, -0.25) is 0 Å². The van der Waals surface area contributed by atoms with Crippen LogP contribution in [0.1, 0.15) is 5.56 Å². The molecule has 0 spiro atoms. The Balaban J connectivity index is 2.09. The standard InChI is InChI=1S/C15H12ClF3O3/c1-20-12-3-2-4-13(8-12)21-9-10-5-11(16)7-14(6-10)22-15(17,18)19/h2-8H,9H2,1H3. The van der Waals surface area contributed by atoms with Crippen molar-refractivity contribution in [3.63, 3.8) is 0 Å². The molecule has 0 aromatic heterocycles. The second-order valence-corrected chi connectivity index (χ2v) is 4.75. The van der Waals surface area contributed by atoms with Gasteiger partial charge in [0, 0.05) is 11.1 Å². The fourth-order valence-electron chi connectivity index (χ4n) is 1.75. The van der Waals surface area contributed by atoms with Crippen LogP contribution in [-0.4, -0.2) is 13.5 Å². The molecule has 3 nitrogen and oxygen atoms in total. The first-order valence-electron chi connectivity index (χ1n) is 6.18. The van der Waals surface area contributed by atoms with E-state index in [0.29, 0.717) is 17.1 Å². The topological polar surface area (TPSA) is 27.7 Å². The lowest BCUT2D eigenvalue weighted by molar-refractivity contribution is -0.274. The maximum atomic E-state index is 12.2. The predicted molar refractivity (Wildman–Crippen MR) is 75.5 cm³/mol. The second kappa shape index (κ2) is 6.79. The molecule has 0 saturated carbocycles. The summed E-state index contributed by atoms with van der Waals surface area (Å²) in [6, 6.07) is 10.7. The SMILES string of the molecule is COc1cccc(OCc2cc(Cl)cc(OC(F)(F)F)c2)c1. The summed E-state index contributed by atoms with van der Waals surface area (Å²) in [5, 5.41) is 0.131. The number of ether oxygens (including phenoxy) is 3. The molecule has 22 heavy (non-hydrogen) atoms. The molecule has 0 aliphatic heterocycles. The Morgan fingerprint density at radius 2 is 1.73 bits per heavy atom. The number of hydrogen-bond donors (Lipinski definition) is 0. The van der Waals surface area contributed by atoms with Gasteiger partial charge in [0.25, 0.3) is 0 Å². The van der Waals surface area contributed by atoms with Crippen LogP contribution in [0, 0.1) is 0 Å². The van der Waals surface area contributed by atoms with Gasteiger partial charge in [0.05, 0.1) is 7.11 Å². The van der Waals surface area contributed by atoms with E-state index in [9.17, 15) is 13.2 Å². The number of rotatable bonds is 5. The Morgan fingerprint density at radius 3 is 2.41 bits per heavy atom. The lowest BCUT2D eigenvalue weighted by Gasteiger charge is -2.12. The van der Waals surface area contributed by atoms with Crippen molar-refractivity contribution in [3.05, 3.63) is 53.1 Å². The lowest BCUT2D eigenvalue weighted by Crippen LogP contribution is -2.17. The minimum atomic E-state index is -4.77. The summed E-state index contributed by atoms with van der Waals surface area (Å²) in [4.78, 5) is 0. The first-order valence-corrected chi connectivity index (χ1v) is 6.55. The molecule has 7 heteroatoms. The van der Waals surface area contributed by atoms with Crippen LogP contribution in [0.2, 0.25) is 5.02 Å². The largest absolute Gasteiger partial charge is 0.573 e. The van der Waals surface area contributed by atoms with Crippen LogP contribution in [0.5, 0.6) is 17.2 Å². The van der Waals surface area contributed by atoms with Gasteiger partial charge in [0.2, 0.25) is 0 Å². The van der Waals surface area contributed by atoms with Crippen molar-refractivity contribution < 1.29 is 27.4 Å². The van der Waals surface area contributed by atoms with Crippen molar-refractivity contribution in [1.82, 2.24) is 0 Å². The van der Waals surface area contributed by atoms with E-state index in [0.717, 1.165) is 6.07 Å². The highest BCUT2D eigenvalue weighted by Gasteiger charge is 2.31. The van der Waals surface area contributed by atoms with Crippen molar-refractivity contribution in [2.75, 3.05) is 7.11 Å². The first-order chi connectivity index (χ1) is 10.4. The molecule has 0 fully saturated rings. The molecule has 0 amide bonds. The summed E-state index contributed by atoms with van der Waals surface area (Å²) >= 11 is 5.79. The van der Waals surface area contributed by atoms with E-state index in [1.807, 2.05) is 0 Å². The molecular weight excluding hydrogens is 321 g/mol. The van der Waals surface area contributed by atoms with Crippen LogP contribution >= 0.6 is 11.6 Å². The zero-order valence-corrected chi connectivity index (χ0v) is 12.2. The van der Waals surface area contributed by atoms with Gasteiger partial charge in [-0.05, 0) is 35.9 Å². The van der Waals surface area contributed by atoms with Crippen LogP contribution in [0.3, 0.4) is 0 Å². The average molecular weight is 333 g/mol. The van der Waals surface area contributed by atoms with Crippen LogP contribution in [0.25, 0.3) is 0 Å². The number of benzene rings is 2. The van der Waals surface area contributed by atoms with Crippen LogP contribution in [0.15, 0.2) is 42.5 Å². The quantitative estimate of drug-likeness (QED) is 0.785. The Hall–Kier alpha value is -2.08. The Kier molecular flexibility index (Phi) is 5.03. The molecule has 0 aliphatic carbocycles. The third kappa shape index (κ3) is 5.04. The fourth-order valence-corrected chi connectivity index (χ4v) is 2.00. The van der Waals surface area contributed by atoms with Crippen LogP contribution in [-0.2, 0) is 6.61 Å². The summed E-state index contributed by atoms with van der Waals surface area (Å²) < 4.78 is 51.1. The minimum Gasteiger partial charge on any atom is -0.497 e. The van der Waals surface area contributed by atoms with E-state index in [2.05, 4.69) is 4.74 Å². The minimum absolute atomic E-state index is 0.0436. The molecule has 2 aromatic carbocycles. The highest BCUT2D eigenvalue weighted by atomic mass is 35.5.